The minimum absolute atomic E-state index is 0. The first-order chi connectivity index (χ1) is 11.1. The molecule has 0 saturated heterocycles. The van der Waals surface area contributed by atoms with Gasteiger partial charge in [-0.1, -0.05) is 6.07 Å². The van der Waals surface area contributed by atoms with E-state index >= 15 is 0 Å². The maximum Gasteiger partial charge on any atom is 0.511 e. The lowest BCUT2D eigenvalue weighted by atomic mass is 10.4. The van der Waals surface area contributed by atoms with Crippen LogP contribution < -0.4 is 10.3 Å². The van der Waals surface area contributed by atoms with E-state index in [1.807, 2.05) is 0 Å². The van der Waals surface area contributed by atoms with Crippen molar-refractivity contribution < 1.29 is 21.6 Å². The molecular weight excluding hydrogens is 385 g/mol. The summed E-state index contributed by atoms with van der Waals surface area (Å²) in [7, 11) is -5.37. The molecule has 0 aromatic carbocycles. The first-order valence-corrected chi connectivity index (χ1v) is 8.47. The number of nitrogens with one attached hydrogen (secondary N) is 1. The van der Waals surface area contributed by atoms with E-state index in [2.05, 4.69) is 4.98 Å². The molecule has 0 bridgehead atoms. The molecule has 0 unspecified atom stereocenters. The molecule has 0 amide bonds. The Balaban J connectivity index is 0.00000225. The number of pyridine rings is 1. The third-order valence-electron chi connectivity index (χ3n) is 3.68. The molecule has 3 aromatic rings. The molecule has 3 rings (SSSR count). The van der Waals surface area contributed by atoms with Crippen LogP contribution in [0.25, 0.3) is 16.8 Å². The molecular formula is C13H14ClF3N4O3S. The van der Waals surface area contributed by atoms with Crippen molar-refractivity contribution in [2.45, 2.75) is 25.4 Å². The van der Waals surface area contributed by atoms with Crippen molar-refractivity contribution in [3.05, 3.63) is 34.2 Å². The number of alkyl halides is 3. The van der Waals surface area contributed by atoms with E-state index in [0.29, 0.717) is 22.5 Å². The summed E-state index contributed by atoms with van der Waals surface area (Å²) in [6, 6.07) is 5.16. The number of rotatable bonds is 5. The second kappa shape index (κ2) is 6.46. The molecule has 0 fully saturated rings. The smallest absolute Gasteiger partial charge is 0.292 e. The zero-order valence-corrected chi connectivity index (χ0v) is 14.5. The Kier molecular flexibility index (Phi) is 5.04. The maximum absolute atomic E-state index is 12.5. The highest BCUT2D eigenvalue weighted by Gasteiger charge is 2.45. The molecule has 3 aromatic heterocycles. The van der Waals surface area contributed by atoms with Crippen molar-refractivity contribution in [3.8, 4) is 0 Å². The summed E-state index contributed by atoms with van der Waals surface area (Å²) < 4.78 is 63.1. The number of sulfonamides is 1. The second-order valence-corrected chi connectivity index (χ2v) is 7.04. The van der Waals surface area contributed by atoms with E-state index in [0.717, 1.165) is 0 Å². The van der Waals surface area contributed by atoms with Gasteiger partial charge in [-0.15, -0.1) is 12.4 Å². The van der Waals surface area contributed by atoms with Crippen LogP contribution in [-0.2, 0) is 16.6 Å². The van der Waals surface area contributed by atoms with Crippen LogP contribution in [0.2, 0.25) is 0 Å². The summed E-state index contributed by atoms with van der Waals surface area (Å²) >= 11 is 0. The Morgan fingerprint density at radius 1 is 1.28 bits per heavy atom. The van der Waals surface area contributed by atoms with Crippen LogP contribution in [0, 0.1) is 6.92 Å². The molecule has 0 radical (unpaired) electrons. The Labute approximate surface area is 146 Å². The predicted molar refractivity (Wildman–Crippen MR) is 87.7 cm³/mol. The zero-order chi connectivity index (χ0) is 17.7. The number of aromatic nitrogens is 3. The highest BCUT2D eigenvalue weighted by Crippen LogP contribution is 2.21. The lowest BCUT2D eigenvalue weighted by molar-refractivity contribution is -0.0447. The molecule has 25 heavy (non-hydrogen) atoms. The lowest BCUT2D eigenvalue weighted by Crippen LogP contribution is -2.37. The fourth-order valence-electron chi connectivity index (χ4n) is 2.62. The van der Waals surface area contributed by atoms with Gasteiger partial charge in [-0.3, -0.25) is 13.8 Å². The van der Waals surface area contributed by atoms with Gasteiger partial charge in [-0.25, -0.2) is 18.1 Å². The zero-order valence-electron chi connectivity index (χ0n) is 12.9. The van der Waals surface area contributed by atoms with Gasteiger partial charge in [-0.2, -0.15) is 13.2 Å². The van der Waals surface area contributed by atoms with E-state index in [1.54, 1.807) is 29.5 Å². The number of hydrogen-bond donors (Lipinski definition) is 1. The van der Waals surface area contributed by atoms with Gasteiger partial charge in [0.25, 0.3) is 5.56 Å². The largest absolute Gasteiger partial charge is 0.511 e. The average molecular weight is 399 g/mol. The highest BCUT2D eigenvalue weighted by atomic mass is 35.5. The van der Waals surface area contributed by atoms with E-state index in [9.17, 15) is 26.4 Å². The van der Waals surface area contributed by atoms with Crippen molar-refractivity contribution in [2.24, 2.45) is 0 Å². The van der Waals surface area contributed by atoms with Gasteiger partial charge in [-0.05, 0) is 25.5 Å². The third kappa shape index (κ3) is 3.18. The standard InChI is InChI=1S/C13H13F3N4O3S.ClH/c1-8-11-12(21)19(10-5-2-4-9(18-8)20(10)11)7-3-6-17-24(22,23)13(14,15)16;/h2,4-5,17H,3,6-7H2,1H3;1H. The summed E-state index contributed by atoms with van der Waals surface area (Å²) in [6.45, 7) is 1.36. The summed E-state index contributed by atoms with van der Waals surface area (Å²) in [6.07, 6.45) is 0.0365. The summed E-state index contributed by atoms with van der Waals surface area (Å²) in [4.78, 5) is 16.7. The summed E-state index contributed by atoms with van der Waals surface area (Å²) in [5, 5.41) is 0. The number of nitrogens with zero attached hydrogens (tertiary/aromatic N) is 3. The van der Waals surface area contributed by atoms with Crippen molar-refractivity contribution in [1.82, 2.24) is 18.7 Å². The van der Waals surface area contributed by atoms with Gasteiger partial charge in [0.2, 0.25) is 0 Å². The molecule has 0 saturated carbocycles. The number of aryl methyl sites for hydroxylation is 2. The Bertz CT molecular complexity index is 1060. The predicted octanol–water partition coefficient (Wildman–Crippen LogP) is 1.65. The van der Waals surface area contributed by atoms with Crippen molar-refractivity contribution >= 4 is 39.2 Å². The molecule has 0 aliphatic heterocycles. The van der Waals surface area contributed by atoms with E-state index in [1.165, 1.54) is 9.29 Å². The van der Waals surface area contributed by atoms with Crippen LogP contribution in [0.5, 0.6) is 0 Å². The minimum atomic E-state index is -5.37. The topological polar surface area (TPSA) is 85.5 Å². The molecule has 12 heteroatoms. The number of halogens is 4. The van der Waals surface area contributed by atoms with Crippen LogP contribution in [0.3, 0.4) is 0 Å². The first-order valence-electron chi connectivity index (χ1n) is 6.99. The molecule has 1 N–H and O–H groups in total. The fraction of sp³-hybridized carbons (Fsp3) is 0.385. The normalized spacial score (nSPS) is 12.8. The van der Waals surface area contributed by atoms with Crippen molar-refractivity contribution in [2.75, 3.05) is 6.54 Å². The van der Waals surface area contributed by atoms with Gasteiger partial charge in [0.1, 0.15) is 16.8 Å². The van der Waals surface area contributed by atoms with Gasteiger partial charge in [0.05, 0.1) is 5.69 Å². The SMILES string of the molecule is Cc1nc2cccc3n(CCCNS(=O)(=O)C(F)(F)F)c(=O)c1n23.Cl. The second-order valence-electron chi connectivity index (χ2n) is 5.28. The molecule has 138 valence electrons. The van der Waals surface area contributed by atoms with Gasteiger partial charge in [0, 0.05) is 13.1 Å². The highest BCUT2D eigenvalue weighted by molar-refractivity contribution is 7.90. The fourth-order valence-corrected chi connectivity index (χ4v) is 3.20. The van der Waals surface area contributed by atoms with Crippen LogP contribution >= 0.6 is 12.4 Å². The Morgan fingerprint density at radius 2 is 1.96 bits per heavy atom. The average Bonchev–Trinajstić information content (AvgIpc) is 2.95. The van der Waals surface area contributed by atoms with E-state index < -0.39 is 22.1 Å². The van der Waals surface area contributed by atoms with Gasteiger partial charge < -0.3 is 0 Å². The maximum atomic E-state index is 12.5. The van der Waals surface area contributed by atoms with E-state index in [4.69, 9.17) is 0 Å². The first kappa shape index (κ1) is 19.5. The van der Waals surface area contributed by atoms with Crippen LogP contribution in [-0.4, -0.2) is 34.4 Å². The molecule has 0 spiro atoms. The van der Waals surface area contributed by atoms with Gasteiger partial charge in [0.15, 0.2) is 0 Å². The third-order valence-corrected chi connectivity index (χ3v) is 4.87. The molecule has 7 nitrogen and oxygen atoms in total. The van der Waals surface area contributed by atoms with Crippen LogP contribution in [0.4, 0.5) is 13.2 Å². The van der Waals surface area contributed by atoms with E-state index in [-0.39, 0.29) is 30.9 Å². The number of imidazole rings is 2. The monoisotopic (exact) mass is 398 g/mol. The van der Waals surface area contributed by atoms with Crippen molar-refractivity contribution in [1.29, 1.82) is 0 Å². The van der Waals surface area contributed by atoms with Crippen LogP contribution in [0.1, 0.15) is 12.1 Å². The van der Waals surface area contributed by atoms with Crippen molar-refractivity contribution in [3.63, 3.8) is 0 Å². The van der Waals surface area contributed by atoms with Crippen LogP contribution in [0.15, 0.2) is 23.0 Å². The molecule has 0 atom stereocenters. The number of hydrogen-bond acceptors (Lipinski definition) is 4. The molecule has 3 heterocycles. The molecule has 0 aliphatic carbocycles. The molecule has 0 aliphatic rings. The quantitative estimate of drug-likeness (QED) is 0.662. The minimum Gasteiger partial charge on any atom is -0.292 e. The lowest BCUT2D eigenvalue weighted by Gasteiger charge is -2.09. The Hall–Kier alpha value is -1.85. The Morgan fingerprint density at radius 3 is 2.60 bits per heavy atom. The summed E-state index contributed by atoms with van der Waals surface area (Å²) in [5.41, 5.74) is -3.51. The van der Waals surface area contributed by atoms with Gasteiger partial charge >= 0.3 is 15.5 Å². The summed E-state index contributed by atoms with van der Waals surface area (Å²) in [5.74, 6) is 0.